The lowest BCUT2D eigenvalue weighted by molar-refractivity contribution is -0.142. The highest BCUT2D eigenvalue weighted by Crippen LogP contribution is 2.23. The predicted octanol–water partition coefficient (Wildman–Crippen LogP) is 6.20. The molecule has 3 aromatic rings. The average molecular weight is 663 g/mol. The topological polar surface area (TPSA) is 86.8 Å². The first-order valence-corrected chi connectivity index (χ1v) is 16.4. The first-order valence-electron chi connectivity index (χ1n) is 13.4. The molecule has 2 amide bonds. The maximum atomic E-state index is 13.9. The van der Waals surface area contributed by atoms with Crippen LogP contribution in [0.15, 0.2) is 83.3 Å². The molecule has 0 bridgehead atoms. The number of rotatable bonds is 12. The number of anilines is 1. The summed E-state index contributed by atoms with van der Waals surface area (Å²) in [4.78, 5) is 29.2. The van der Waals surface area contributed by atoms with E-state index in [4.69, 9.17) is 11.6 Å². The largest absolute Gasteiger partial charge is 0.350 e. The minimum absolute atomic E-state index is 0.0528. The van der Waals surface area contributed by atoms with Gasteiger partial charge in [-0.3, -0.25) is 13.9 Å². The van der Waals surface area contributed by atoms with Gasteiger partial charge in [0.1, 0.15) is 6.04 Å². The van der Waals surface area contributed by atoms with Gasteiger partial charge in [0, 0.05) is 41.0 Å². The van der Waals surface area contributed by atoms with E-state index in [1.54, 1.807) is 29.2 Å². The number of halogens is 2. The number of sulfonamides is 1. The van der Waals surface area contributed by atoms with E-state index in [9.17, 15) is 18.0 Å². The Morgan fingerprint density at radius 1 is 0.951 bits per heavy atom. The SMILES string of the molecule is CC(C)(C)NC(=O)[C@@H](Cc1ccccc1)N(Cc1ccc(Br)cc1)C(=O)CCCN(c1cccc(Cl)c1)S(C)(=O)=O. The molecule has 1 N–H and O–H groups in total. The first-order chi connectivity index (χ1) is 19.2. The van der Waals surface area contributed by atoms with Crippen molar-refractivity contribution in [2.45, 2.75) is 58.2 Å². The van der Waals surface area contributed by atoms with Gasteiger partial charge in [-0.1, -0.05) is 76.1 Å². The lowest BCUT2D eigenvalue weighted by atomic mass is 10.00. The van der Waals surface area contributed by atoms with Gasteiger partial charge in [-0.2, -0.15) is 0 Å². The molecule has 3 aromatic carbocycles. The van der Waals surface area contributed by atoms with E-state index < -0.39 is 21.6 Å². The van der Waals surface area contributed by atoms with Crippen LogP contribution in [0.1, 0.15) is 44.7 Å². The maximum Gasteiger partial charge on any atom is 0.243 e. The molecule has 0 aliphatic rings. The van der Waals surface area contributed by atoms with Gasteiger partial charge < -0.3 is 10.2 Å². The highest BCUT2D eigenvalue weighted by molar-refractivity contribution is 9.10. The second-order valence-electron chi connectivity index (χ2n) is 11.0. The van der Waals surface area contributed by atoms with Crippen molar-refractivity contribution in [3.05, 3.63) is 99.5 Å². The summed E-state index contributed by atoms with van der Waals surface area (Å²) in [5, 5.41) is 3.47. The van der Waals surface area contributed by atoms with Gasteiger partial charge in [0.15, 0.2) is 0 Å². The quantitative estimate of drug-likeness (QED) is 0.250. The summed E-state index contributed by atoms with van der Waals surface area (Å²) in [7, 11) is -3.62. The van der Waals surface area contributed by atoms with Crippen LogP contribution in [0.2, 0.25) is 5.02 Å². The van der Waals surface area contributed by atoms with E-state index in [0.29, 0.717) is 17.1 Å². The van der Waals surface area contributed by atoms with Crippen LogP contribution < -0.4 is 9.62 Å². The molecule has 0 fully saturated rings. The van der Waals surface area contributed by atoms with Gasteiger partial charge in [-0.25, -0.2) is 8.42 Å². The number of carbonyl (C=O) groups is 2. The Hall–Kier alpha value is -2.88. The fraction of sp³-hybridized carbons (Fsp3) is 0.355. The van der Waals surface area contributed by atoms with Crippen molar-refractivity contribution < 1.29 is 18.0 Å². The molecule has 0 aliphatic carbocycles. The summed E-state index contributed by atoms with van der Waals surface area (Å²) in [6.07, 6.45) is 1.77. The molecule has 0 saturated carbocycles. The average Bonchev–Trinajstić information content (AvgIpc) is 2.88. The number of nitrogens with zero attached hydrogens (tertiary/aromatic N) is 2. The smallest absolute Gasteiger partial charge is 0.243 e. The second-order valence-corrected chi connectivity index (χ2v) is 14.3. The monoisotopic (exact) mass is 661 g/mol. The Morgan fingerprint density at radius 3 is 2.20 bits per heavy atom. The number of hydrogen-bond donors (Lipinski definition) is 1. The van der Waals surface area contributed by atoms with Crippen LogP contribution in [-0.4, -0.2) is 49.5 Å². The van der Waals surface area contributed by atoms with Crippen molar-refractivity contribution in [2.24, 2.45) is 0 Å². The molecule has 1 atom stereocenters. The highest BCUT2D eigenvalue weighted by Gasteiger charge is 2.32. The minimum atomic E-state index is -3.62. The summed E-state index contributed by atoms with van der Waals surface area (Å²) >= 11 is 9.56. The van der Waals surface area contributed by atoms with Crippen molar-refractivity contribution >= 4 is 55.1 Å². The van der Waals surface area contributed by atoms with Crippen LogP contribution >= 0.6 is 27.5 Å². The van der Waals surface area contributed by atoms with E-state index in [1.807, 2.05) is 75.4 Å². The van der Waals surface area contributed by atoms with E-state index >= 15 is 0 Å². The van der Waals surface area contributed by atoms with Crippen molar-refractivity contribution in [3.8, 4) is 0 Å². The van der Waals surface area contributed by atoms with Gasteiger partial charge in [0.05, 0.1) is 11.9 Å². The van der Waals surface area contributed by atoms with Crippen LogP contribution in [-0.2, 0) is 32.6 Å². The Bertz CT molecular complexity index is 1430. The van der Waals surface area contributed by atoms with Crippen molar-refractivity contribution in [2.75, 3.05) is 17.1 Å². The van der Waals surface area contributed by atoms with Gasteiger partial charge in [0.2, 0.25) is 21.8 Å². The lowest BCUT2D eigenvalue weighted by Crippen LogP contribution is -2.54. The van der Waals surface area contributed by atoms with Gasteiger partial charge in [-0.05, 0) is 68.7 Å². The molecule has 0 radical (unpaired) electrons. The molecule has 0 heterocycles. The molecule has 0 unspecified atom stereocenters. The predicted molar refractivity (Wildman–Crippen MR) is 169 cm³/mol. The fourth-order valence-electron chi connectivity index (χ4n) is 4.43. The molecular formula is C31H37BrClN3O4S. The van der Waals surface area contributed by atoms with Crippen molar-refractivity contribution in [3.63, 3.8) is 0 Å². The third kappa shape index (κ3) is 10.5. The molecule has 0 saturated heterocycles. The number of benzene rings is 3. The van der Waals surface area contributed by atoms with E-state index in [-0.39, 0.29) is 37.7 Å². The minimum Gasteiger partial charge on any atom is -0.350 e. The van der Waals surface area contributed by atoms with Crippen LogP contribution in [0.5, 0.6) is 0 Å². The normalized spacial score (nSPS) is 12.4. The molecule has 41 heavy (non-hydrogen) atoms. The molecule has 0 aromatic heterocycles. The maximum absolute atomic E-state index is 13.9. The molecule has 0 spiro atoms. The summed E-state index contributed by atoms with van der Waals surface area (Å²) in [5.41, 5.74) is 1.75. The molecular weight excluding hydrogens is 626 g/mol. The standard InChI is InChI=1S/C31H37BrClN3O4S/c1-31(2,3)34-30(38)28(20-23-10-6-5-7-11-23)35(22-24-15-17-25(32)18-16-24)29(37)14-9-19-36(41(4,39)40)27-13-8-12-26(33)21-27/h5-8,10-13,15-18,21,28H,9,14,19-20,22H2,1-4H3,(H,34,38)/t28-/m1/s1. The zero-order valence-electron chi connectivity index (χ0n) is 23.8. The Kier molecular flexibility index (Phi) is 11.4. The lowest BCUT2D eigenvalue weighted by Gasteiger charge is -2.34. The zero-order valence-corrected chi connectivity index (χ0v) is 27.0. The molecule has 0 aliphatic heterocycles. The fourth-order valence-corrected chi connectivity index (χ4v) is 5.83. The Balaban J connectivity index is 1.90. The second kappa shape index (κ2) is 14.3. The first kappa shape index (κ1) is 32.6. The van der Waals surface area contributed by atoms with Crippen molar-refractivity contribution in [1.29, 1.82) is 0 Å². The molecule has 10 heteroatoms. The zero-order chi connectivity index (χ0) is 30.2. The summed E-state index contributed by atoms with van der Waals surface area (Å²) in [5.74, 6) is -0.485. The molecule has 3 rings (SSSR count). The van der Waals surface area contributed by atoms with E-state index in [0.717, 1.165) is 21.9 Å². The number of nitrogens with one attached hydrogen (secondary N) is 1. The van der Waals surface area contributed by atoms with E-state index in [1.165, 1.54) is 4.31 Å². The molecule has 220 valence electrons. The van der Waals surface area contributed by atoms with Crippen molar-refractivity contribution in [1.82, 2.24) is 10.2 Å². The Labute approximate surface area is 257 Å². The number of amides is 2. The number of carbonyl (C=O) groups excluding carboxylic acids is 2. The third-order valence-electron chi connectivity index (χ3n) is 6.28. The van der Waals surface area contributed by atoms with Gasteiger partial charge >= 0.3 is 0 Å². The third-order valence-corrected chi connectivity index (χ3v) is 8.24. The van der Waals surface area contributed by atoms with Crippen LogP contribution in [0.4, 0.5) is 5.69 Å². The van der Waals surface area contributed by atoms with Gasteiger partial charge in [-0.15, -0.1) is 0 Å². The summed E-state index contributed by atoms with van der Waals surface area (Å²) in [6.45, 7) is 6.03. The van der Waals surface area contributed by atoms with E-state index in [2.05, 4.69) is 21.2 Å². The van der Waals surface area contributed by atoms with Crippen LogP contribution in [0.3, 0.4) is 0 Å². The summed E-state index contributed by atoms with van der Waals surface area (Å²) < 4.78 is 27.3. The van der Waals surface area contributed by atoms with Gasteiger partial charge in [0.25, 0.3) is 0 Å². The Morgan fingerprint density at radius 2 is 1.61 bits per heavy atom. The van der Waals surface area contributed by atoms with Crippen LogP contribution in [0, 0.1) is 0 Å². The molecule has 7 nitrogen and oxygen atoms in total. The number of hydrogen-bond acceptors (Lipinski definition) is 4. The van der Waals surface area contributed by atoms with Crippen LogP contribution in [0.25, 0.3) is 0 Å². The highest BCUT2D eigenvalue weighted by atomic mass is 79.9. The summed E-state index contributed by atoms with van der Waals surface area (Å²) in [6, 6.07) is 23.1.